The Kier molecular flexibility index (Phi) is 9.39. The van der Waals surface area contributed by atoms with E-state index in [1.165, 1.54) is 37.3 Å². The van der Waals surface area contributed by atoms with Crippen LogP contribution in [0.1, 0.15) is 46.8 Å². The second kappa shape index (κ2) is 11.9. The molecule has 3 rings (SSSR count). The van der Waals surface area contributed by atoms with Crippen molar-refractivity contribution >= 4 is 27.3 Å². The van der Waals surface area contributed by atoms with Crippen LogP contribution in [-0.4, -0.2) is 50.5 Å². The van der Waals surface area contributed by atoms with Crippen molar-refractivity contribution in [3.05, 3.63) is 63.7 Å². The van der Waals surface area contributed by atoms with Crippen LogP contribution in [0.3, 0.4) is 0 Å². The summed E-state index contributed by atoms with van der Waals surface area (Å²) in [5, 5.41) is 2.94. The highest BCUT2D eigenvalue weighted by atomic mass is 35.5. The first-order valence-electron chi connectivity index (χ1n) is 11.5. The molecule has 1 amide bonds. The average molecular weight is 548 g/mol. The molecule has 7 nitrogen and oxygen atoms in total. The molecule has 2 aromatic rings. The molecule has 0 spiro atoms. The minimum atomic E-state index is -4.82. The van der Waals surface area contributed by atoms with E-state index in [-0.39, 0.29) is 34.4 Å². The molecule has 0 radical (unpaired) electrons. The number of piperidine rings is 1. The molecule has 0 aliphatic carbocycles. The van der Waals surface area contributed by atoms with Crippen molar-refractivity contribution < 1.29 is 31.1 Å². The fraction of sp³-hybridized carbons (Fsp3) is 0.458. The lowest BCUT2D eigenvalue weighted by Gasteiger charge is -2.31. The third-order valence-corrected chi connectivity index (χ3v) is 8.04. The SMILES string of the molecule is CCS(=O)(=O)c1ccc(Cl)cc1CNC(=O)c1ccc(CN2CCC[C@H](N)C2)c(COC(F)(F)F)c1. The van der Waals surface area contributed by atoms with Crippen molar-refractivity contribution in [3.8, 4) is 0 Å². The molecule has 1 heterocycles. The van der Waals surface area contributed by atoms with Gasteiger partial charge in [-0.2, -0.15) is 0 Å². The normalized spacial score (nSPS) is 17.2. The number of likely N-dealkylation sites (tertiary alicyclic amines) is 1. The van der Waals surface area contributed by atoms with E-state index < -0.39 is 28.7 Å². The zero-order chi connectivity index (χ0) is 26.5. The maximum absolute atomic E-state index is 12.8. The van der Waals surface area contributed by atoms with E-state index in [2.05, 4.69) is 15.0 Å². The largest absolute Gasteiger partial charge is 0.522 e. The fourth-order valence-electron chi connectivity index (χ4n) is 4.11. The molecule has 0 bridgehead atoms. The lowest BCUT2D eigenvalue weighted by Crippen LogP contribution is -2.42. The predicted octanol–water partition coefficient (Wildman–Crippen LogP) is 4.02. The molecule has 1 aliphatic heterocycles. The highest BCUT2D eigenvalue weighted by Crippen LogP contribution is 2.24. The minimum Gasteiger partial charge on any atom is -0.348 e. The number of benzene rings is 2. The second-order valence-electron chi connectivity index (χ2n) is 8.69. The third-order valence-electron chi connectivity index (χ3n) is 5.97. The van der Waals surface area contributed by atoms with Crippen LogP contribution in [0.15, 0.2) is 41.3 Å². The van der Waals surface area contributed by atoms with Gasteiger partial charge in [0.25, 0.3) is 5.91 Å². The van der Waals surface area contributed by atoms with Gasteiger partial charge in [0.05, 0.1) is 17.3 Å². The van der Waals surface area contributed by atoms with Crippen molar-refractivity contribution in [1.82, 2.24) is 10.2 Å². The maximum Gasteiger partial charge on any atom is 0.522 e. The van der Waals surface area contributed by atoms with Crippen LogP contribution in [0.25, 0.3) is 0 Å². The summed E-state index contributed by atoms with van der Waals surface area (Å²) in [7, 11) is -3.56. The van der Waals surface area contributed by atoms with Gasteiger partial charge in [0.1, 0.15) is 0 Å². The van der Waals surface area contributed by atoms with Crippen molar-refractivity contribution in [2.24, 2.45) is 5.73 Å². The Hall–Kier alpha value is -2.18. The molecule has 36 heavy (non-hydrogen) atoms. The number of rotatable bonds is 9. The van der Waals surface area contributed by atoms with Gasteiger partial charge in [0.15, 0.2) is 9.84 Å². The van der Waals surface area contributed by atoms with Crippen LogP contribution < -0.4 is 11.1 Å². The highest BCUT2D eigenvalue weighted by molar-refractivity contribution is 7.91. The Morgan fingerprint density at radius 3 is 2.61 bits per heavy atom. The lowest BCUT2D eigenvalue weighted by molar-refractivity contribution is -0.330. The zero-order valence-electron chi connectivity index (χ0n) is 19.8. The predicted molar refractivity (Wildman–Crippen MR) is 130 cm³/mol. The molecule has 3 N–H and O–H groups in total. The lowest BCUT2D eigenvalue weighted by atomic mass is 10.0. The van der Waals surface area contributed by atoms with Gasteiger partial charge >= 0.3 is 6.36 Å². The number of carbonyl (C=O) groups is 1. The first-order chi connectivity index (χ1) is 16.9. The number of nitrogens with one attached hydrogen (secondary N) is 1. The average Bonchev–Trinajstić information content (AvgIpc) is 2.81. The van der Waals surface area contributed by atoms with Crippen molar-refractivity contribution in [3.63, 3.8) is 0 Å². The molecule has 198 valence electrons. The van der Waals surface area contributed by atoms with Crippen molar-refractivity contribution in [2.75, 3.05) is 18.8 Å². The van der Waals surface area contributed by atoms with Crippen LogP contribution in [0.4, 0.5) is 13.2 Å². The molecule has 12 heteroatoms. The van der Waals surface area contributed by atoms with Gasteiger partial charge in [-0.3, -0.25) is 14.4 Å². The van der Waals surface area contributed by atoms with Gasteiger partial charge in [0, 0.05) is 36.3 Å². The van der Waals surface area contributed by atoms with Gasteiger partial charge in [-0.25, -0.2) is 8.42 Å². The maximum atomic E-state index is 12.8. The number of ether oxygens (including phenoxy) is 1. The number of hydrogen-bond acceptors (Lipinski definition) is 6. The van der Waals surface area contributed by atoms with Gasteiger partial charge in [0.2, 0.25) is 0 Å². The Labute approximate surface area is 213 Å². The monoisotopic (exact) mass is 547 g/mol. The van der Waals surface area contributed by atoms with Gasteiger partial charge in [-0.15, -0.1) is 13.2 Å². The smallest absolute Gasteiger partial charge is 0.348 e. The number of amides is 1. The number of nitrogens with zero attached hydrogens (tertiary/aromatic N) is 1. The van der Waals surface area contributed by atoms with Crippen molar-refractivity contribution in [1.29, 1.82) is 0 Å². The molecule has 1 fully saturated rings. The number of alkyl halides is 3. The van der Waals surface area contributed by atoms with Gasteiger partial charge < -0.3 is 11.1 Å². The van der Waals surface area contributed by atoms with Crippen molar-refractivity contribution in [2.45, 2.75) is 56.8 Å². The number of hydrogen-bond donors (Lipinski definition) is 2. The van der Waals surface area contributed by atoms with E-state index in [0.717, 1.165) is 19.4 Å². The van der Waals surface area contributed by atoms with Crippen LogP contribution in [0.5, 0.6) is 0 Å². The molecule has 1 atom stereocenters. The Morgan fingerprint density at radius 2 is 1.94 bits per heavy atom. The molecule has 1 saturated heterocycles. The number of halogens is 4. The first kappa shape index (κ1) is 28.4. The summed E-state index contributed by atoms with van der Waals surface area (Å²) in [6.07, 6.45) is -3.03. The standard InChI is InChI=1S/C24H29ClF3N3O4S/c1-2-36(33,34)22-8-7-20(25)11-18(22)12-30-23(32)16-5-6-17(13-31-9-3-4-21(29)14-31)19(10-16)15-35-24(26,27)28/h5-8,10-11,21H,2-4,9,12-15,29H2,1H3,(H,30,32)/t21-/m0/s1. The summed E-state index contributed by atoms with van der Waals surface area (Å²) in [4.78, 5) is 15.0. The number of carbonyl (C=O) groups excluding carboxylic acids is 1. The van der Waals surface area contributed by atoms with E-state index in [1.807, 2.05) is 0 Å². The van der Waals surface area contributed by atoms with Crippen LogP contribution in [-0.2, 0) is 34.3 Å². The Morgan fingerprint density at radius 1 is 1.19 bits per heavy atom. The summed E-state index contributed by atoms with van der Waals surface area (Å²) in [5.41, 5.74) is 7.30. The van der Waals surface area contributed by atoms with Crippen LogP contribution in [0.2, 0.25) is 5.02 Å². The summed E-state index contributed by atoms with van der Waals surface area (Å²) >= 11 is 6.02. The number of nitrogens with two attached hydrogens (primary N) is 1. The summed E-state index contributed by atoms with van der Waals surface area (Å²) in [6, 6.07) is 8.80. The molecular weight excluding hydrogens is 519 g/mol. The molecule has 1 aliphatic rings. The molecule has 2 aromatic carbocycles. The zero-order valence-corrected chi connectivity index (χ0v) is 21.3. The third kappa shape index (κ3) is 7.91. The molecule has 0 unspecified atom stereocenters. The Bertz CT molecular complexity index is 1190. The topological polar surface area (TPSA) is 102 Å². The van der Waals surface area contributed by atoms with Crippen LogP contribution >= 0.6 is 11.6 Å². The van der Waals surface area contributed by atoms with Crippen LogP contribution in [0, 0.1) is 0 Å². The molecule has 0 aromatic heterocycles. The summed E-state index contributed by atoms with van der Waals surface area (Å²) < 4.78 is 67.1. The minimum absolute atomic E-state index is 0.00609. The van der Waals surface area contributed by atoms with Gasteiger partial charge in [-0.1, -0.05) is 24.6 Å². The summed E-state index contributed by atoms with van der Waals surface area (Å²) in [5.74, 6) is -0.698. The summed E-state index contributed by atoms with van der Waals surface area (Å²) in [6.45, 7) is 2.42. The molecule has 0 saturated carbocycles. The van der Waals surface area contributed by atoms with E-state index in [0.29, 0.717) is 29.2 Å². The van der Waals surface area contributed by atoms with E-state index in [4.69, 9.17) is 17.3 Å². The van der Waals surface area contributed by atoms with Gasteiger partial charge in [-0.05, 0) is 66.4 Å². The fourth-order valence-corrected chi connectivity index (χ4v) is 5.43. The quantitative estimate of drug-likeness (QED) is 0.492. The van der Waals surface area contributed by atoms with E-state index >= 15 is 0 Å². The van der Waals surface area contributed by atoms with E-state index in [9.17, 15) is 26.4 Å². The second-order valence-corrected chi connectivity index (χ2v) is 11.4. The van der Waals surface area contributed by atoms with E-state index in [1.54, 1.807) is 6.07 Å². The molecular formula is C24H29ClF3N3O4S. The number of sulfone groups is 1. The first-order valence-corrected chi connectivity index (χ1v) is 13.5. The highest BCUT2D eigenvalue weighted by Gasteiger charge is 2.30. The Balaban J connectivity index is 1.80.